The minimum absolute atomic E-state index is 0.464. The summed E-state index contributed by atoms with van der Waals surface area (Å²) in [4.78, 5) is 10.4. The molecule has 3 heteroatoms. The Kier molecular flexibility index (Phi) is 5.76. The molecule has 1 heterocycles. The fourth-order valence-corrected chi connectivity index (χ4v) is 7.88. The van der Waals surface area contributed by atoms with E-state index in [0.29, 0.717) is 5.92 Å². The number of hydrogen-bond acceptors (Lipinski definition) is 2. The number of fused-ring (bicyclic) bond motifs is 2. The summed E-state index contributed by atoms with van der Waals surface area (Å²) in [6.07, 6.45) is 3.63. The first-order valence-corrected chi connectivity index (χ1v) is 14.4. The van der Waals surface area contributed by atoms with Gasteiger partial charge in [0.15, 0.2) is 0 Å². The van der Waals surface area contributed by atoms with Crippen LogP contribution in [0.2, 0.25) is 0 Å². The molecular weight excluding hydrogens is 467 g/mol. The fraction of sp³-hybridized carbons (Fsp3) is 0.118. The summed E-state index contributed by atoms with van der Waals surface area (Å²) in [5.74, 6) is 1.47. The van der Waals surface area contributed by atoms with E-state index >= 15 is 0 Å². The number of nitrogens with zero attached hydrogens (tertiary/aromatic N) is 2. The Morgan fingerprint density at radius 1 is 0.568 bits per heavy atom. The largest absolute Gasteiger partial charge is 0.233 e. The van der Waals surface area contributed by atoms with Gasteiger partial charge in [0, 0.05) is 16.9 Å². The smallest absolute Gasteiger partial charge is 0.132 e. The average Bonchev–Trinajstić information content (AvgIpc) is 2.93. The Hall–Kier alpha value is -3.87. The fourth-order valence-electron chi connectivity index (χ4n) is 5.41. The summed E-state index contributed by atoms with van der Waals surface area (Å²) in [7, 11) is -0.794. The zero-order chi connectivity index (χ0) is 24.6. The minimum Gasteiger partial charge on any atom is -0.233 e. The van der Waals surface area contributed by atoms with Crippen molar-refractivity contribution in [2.75, 3.05) is 0 Å². The molecule has 0 bridgehead atoms. The van der Waals surface area contributed by atoms with Crippen LogP contribution in [-0.2, 0) is 0 Å². The maximum atomic E-state index is 5.37. The Bertz CT molecular complexity index is 1670. The Morgan fingerprint density at radius 3 is 1.86 bits per heavy atom. The molecule has 1 saturated carbocycles. The van der Waals surface area contributed by atoms with Gasteiger partial charge in [-0.05, 0) is 53.5 Å². The second-order valence-electron chi connectivity index (χ2n) is 9.76. The second kappa shape index (κ2) is 9.54. The van der Waals surface area contributed by atoms with Crippen LogP contribution in [0.15, 0.2) is 121 Å². The maximum Gasteiger partial charge on any atom is 0.132 e. The van der Waals surface area contributed by atoms with Crippen LogP contribution in [-0.4, -0.2) is 9.97 Å². The predicted octanol–water partition coefficient (Wildman–Crippen LogP) is 7.48. The molecule has 178 valence electrons. The molecule has 0 amide bonds. The Morgan fingerprint density at radius 2 is 1.19 bits per heavy atom. The van der Waals surface area contributed by atoms with Gasteiger partial charge in [-0.3, -0.25) is 0 Å². The normalized spacial score (nSPS) is 13.8. The van der Waals surface area contributed by atoms with Gasteiger partial charge < -0.3 is 0 Å². The van der Waals surface area contributed by atoms with Crippen molar-refractivity contribution in [3.63, 3.8) is 0 Å². The van der Waals surface area contributed by atoms with Gasteiger partial charge in [-0.15, -0.1) is 0 Å². The zero-order valence-electron chi connectivity index (χ0n) is 20.6. The third kappa shape index (κ3) is 4.02. The summed E-state index contributed by atoms with van der Waals surface area (Å²) < 4.78 is 0. The number of rotatable bonds is 5. The summed E-state index contributed by atoms with van der Waals surface area (Å²) in [6, 6.07) is 43.8. The second-order valence-corrected chi connectivity index (χ2v) is 11.9. The van der Waals surface area contributed by atoms with E-state index in [1.807, 2.05) is 0 Å². The van der Waals surface area contributed by atoms with Gasteiger partial charge >= 0.3 is 0 Å². The highest BCUT2D eigenvalue weighted by Crippen LogP contribution is 2.42. The Balaban J connectivity index is 1.58. The summed E-state index contributed by atoms with van der Waals surface area (Å²) in [6.45, 7) is 0. The highest BCUT2D eigenvalue weighted by molar-refractivity contribution is 7.80. The standard InChI is InChI=1S/C34H27N2P/c1-3-15-26(16-4-1)37(27-17-5-2-6-18-27)31-23-22-24-12-7-8-19-28(24)32(31)33-29-20-9-10-21-30(29)35-34(36-33)25-13-11-14-25/h1-10,12,15-23,25H,11,13-14H2. The lowest BCUT2D eigenvalue weighted by atomic mass is 9.84. The summed E-state index contributed by atoms with van der Waals surface area (Å²) in [5.41, 5.74) is 3.35. The van der Waals surface area contributed by atoms with Crippen molar-refractivity contribution in [1.82, 2.24) is 9.97 Å². The molecule has 1 fully saturated rings. The van der Waals surface area contributed by atoms with Crippen LogP contribution in [0.3, 0.4) is 0 Å². The molecule has 1 aromatic heterocycles. The first kappa shape index (κ1) is 22.3. The van der Waals surface area contributed by atoms with Crippen molar-refractivity contribution in [3.8, 4) is 11.3 Å². The van der Waals surface area contributed by atoms with Crippen molar-refractivity contribution in [2.24, 2.45) is 0 Å². The van der Waals surface area contributed by atoms with Crippen molar-refractivity contribution in [1.29, 1.82) is 0 Å². The van der Waals surface area contributed by atoms with Crippen molar-refractivity contribution in [2.45, 2.75) is 25.2 Å². The van der Waals surface area contributed by atoms with E-state index in [0.717, 1.165) is 22.4 Å². The van der Waals surface area contributed by atoms with Crippen LogP contribution in [0.1, 0.15) is 31.0 Å². The molecule has 0 atom stereocenters. The van der Waals surface area contributed by atoms with Gasteiger partial charge in [0.05, 0.1) is 11.2 Å². The summed E-state index contributed by atoms with van der Waals surface area (Å²) >= 11 is 0. The topological polar surface area (TPSA) is 25.8 Å². The molecule has 0 radical (unpaired) electrons. The predicted molar refractivity (Wildman–Crippen MR) is 158 cm³/mol. The van der Waals surface area contributed by atoms with E-state index in [9.17, 15) is 0 Å². The monoisotopic (exact) mass is 494 g/mol. The third-order valence-corrected chi connectivity index (χ3v) is 9.99. The highest BCUT2D eigenvalue weighted by Gasteiger charge is 2.27. The average molecular weight is 495 g/mol. The van der Waals surface area contributed by atoms with E-state index in [1.165, 1.54) is 51.5 Å². The van der Waals surface area contributed by atoms with Gasteiger partial charge in [0.2, 0.25) is 0 Å². The Labute approximate surface area is 218 Å². The minimum atomic E-state index is -0.794. The van der Waals surface area contributed by atoms with Crippen molar-refractivity contribution < 1.29 is 0 Å². The van der Waals surface area contributed by atoms with Crippen LogP contribution < -0.4 is 15.9 Å². The third-order valence-electron chi connectivity index (χ3n) is 7.50. The van der Waals surface area contributed by atoms with Gasteiger partial charge in [-0.25, -0.2) is 9.97 Å². The van der Waals surface area contributed by atoms with Gasteiger partial charge in [-0.1, -0.05) is 122 Å². The molecule has 0 unspecified atom stereocenters. The van der Waals surface area contributed by atoms with Crippen LogP contribution in [0, 0.1) is 0 Å². The molecule has 0 aliphatic heterocycles. The lowest BCUT2D eigenvalue weighted by Crippen LogP contribution is -2.23. The molecule has 7 rings (SSSR count). The first-order valence-electron chi connectivity index (χ1n) is 13.1. The van der Waals surface area contributed by atoms with Gasteiger partial charge in [0.25, 0.3) is 0 Å². The number of benzene rings is 5. The quantitative estimate of drug-likeness (QED) is 0.232. The zero-order valence-corrected chi connectivity index (χ0v) is 21.5. The lowest BCUT2D eigenvalue weighted by molar-refractivity contribution is 0.403. The van der Waals surface area contributed by atoms with E-state index in [-0.39, 0.29) is 0 Å². The molecule has 6 aromatic rings. The number of aromatic nitrogens is 2. The van der Waals surface area contributed by atoms with Gasteiger partial charge in [0.1, 0.15) is 5.82 Å². The number of hydrogen-bond donors (Lipinski definition) is 0. The van der Waals surface area contributed by atoms with Crippen molar-refractivity contribution >= 4 is 45.5 Å². The van der Waals surface area contributed by atoms with Crippen molar-refractivity contribution in [3.05, 3.63) is 127 Å². The molecule has 37 heavy (non-hydrogen) atoms. The molecule has 0 saturated heterocycles. The molecular formula is C34H27N2P. The van der Waals surface area contributed by atoms with Crippen LogP contribution in [0.4, 0.5) is 0 Å². The number of para-hydroxylation sites is 1. The van der Waals surface area contributed by atoms with Crippen LogP contribution in [0.5, 0.6) is 0 Å². The first-order chi connectivity index (χ1) is 18.4. The van der Waals surface area contributed by atoms with E-state index < -0.39 is 7.92 Å². The maximum absolute atomic E-state index is 5.37. The lowest BCUT2D eigenvalue weighted by Gasteiger charge is -2.26. The SMILES string of the molecule is c1ccc(P(c2ccccc2)c2ccc3ccccc3c2-c2nc(C3CCC3)nc3ccccc23)cc1. The van der Waals surface area contributed by atoms with Crippen LogP contribution in [0.25, 0.3) is 32.9 Å². The summed E-state index contributed by atoms with van der Waals surface area (Å²) in [5, 5.41) is 7.65. The van der Waals surface area contributed by atoms with Crippen LogP contribution >= 0.6 is 7.92 Å². The van der Waals surface area contributed by atoms with E-state index in [1.54, 1.807) is 0 Å². The molecule has 2 nitrogen and oxygen atoms in total. The highest BCUT2D eigenvalue weighted by atomic mass is 31.1. The van der Waals surface area contributed by atoms with E-state index in [4.69, 9.17) is 9.97 Å². The molecule has 5 aromatic carbocycles. The van der Waals surface area contributed by atoms with Gasteiger partial charge in [-0.2, -0.15) is 0 Å². The molecule has 1 aliphatic rings. The van der Waals surface area contributed by atoms with E-state index in [2.05, 4.69) is 121 Å². The molecule has 0 spiro atoms. The molecule has 0 N–H and O–H groups in total. The molecule has 1 aliphatic carbocycles.